The minimum atomic E-state index is -0.280. The van der Waals surface area contributed by atoms with Gasteiger partial charge in [0.05, 0.1) is 11.5 Å². The van der Waals surface area contributed by atoms with Gasteiger partial charge in [0.2, 0.25) is 0 Å². The molecule has 0 bridgehead atoms. The second kappa shape index (κ2) is 6.73. The van der Waals surface area contributed by atoms with E-state index in [1.165, 1.54) is 11.1 Å². The van der Waals surface area contributed by atoms with Crippen LogP contribution in [0.1, 0.15) is 25.6 Å². The van der Waals surface area contributed by atoms with E-state index in [1.54, 1.807) is 11.3 Å². The molecule has 1 aliphatic heterocycles. The van der Waals surface area contributed by atoms with Gasteiger partial charge in [0.25, 0.3) is 0 Å². The monoisotopic (exact) mass is 353 g/mol. The number of hydrogen-bond acceptors (Lipinski definition) is 5. The highest BCUT2D eigenvalue weighted by molar-refractivity contribution is 7.17. The van der Waals surface area contributed by atoms with E-state index in [-0.39, 0.29) is 6.10 Å². The van der Waals surface area contributed by atoms with Crippen molar-refractivity contribution in [1.82, 2.24) is 9.97 Å². The van der Waals surface area contributed by atoms with E-state index in [4.69, 9.17) is 4.98 Å². The van der Waals surface area contributed by atoms with Gasteiger partial charge in [-0.05, 0) is 32.3 Å². The van der Waals surface area contributed by atoms with Crippen LogP contribution in [0.25, 0.3) is 21.3 Å². The molecule has 0 spiro atoms. The lowest BCUT2D eigenvalue weighted by Gasteiger charge is -2.35. The first kappa shape index (κ1) is 16.5. The van der Waals surface area contributed by atoms with Crippen LogP contribution < -0.4 is 4.90 Å². The summed E-state index contributed by atoms with van der Waals surface area (Å²) < 4.78 is 0. The highest BCUT2D eigenvalue weighted by Gasteiger charge is 2.27. The van der Waals surface area contributed by atoms with Crippen LogP contribution in [-0.4, -0.2) is 34.3 Å². The minimum Gasteiger partial charge on any atom is -0.393 e. The number of benzene rings is 1. The largest absolute Gasteiger partial charge is 0.393 e. The molecule has 1 N–H and O–H groups in total. The molecule has 3 heterocycles. The molecule has 25 heavy (non-hydrogen) atoms. The summed E-state index contributed by atoms with van der Waals surface area (Å²) in [5, 5.41) is 13.4. The summed E-state index contributed by atoms with van der Waals surface area (Å²) >= 11 is 1.68. The van der Waals surface area contributed by atoms with Crippen molar-refractivity contribution in [2.24, 2.45) is 5.92 Å². The van der Waals surface area contributed by atoms with Crippen molar-refractivity contribution in [2.75, 3.05) is 18.0 Å². The molecule has 2 aromatic heterocycles. The molecule has 1 aliphatic rings. The fraction of sp³-hybridized carbons (Fsp3) is 0.400. The van der Waals surface area contributed by atoms with E-state index in [0.29, 0.717) is 5.92 Å². The fourth-order valence-electron chi connectivity index (χ4n) is 3.68. The van der Waals surface area contributed by atoms with Crippen LogP contribution in [0.2, 0.25) is 0 Å². The van der Waals surface area contributed by atoms with E-state index in [0.717, 1.165) is 47.8 Å². The van der Waals surface area contributed by atoms with Gasteiger partial charge in [-0.1, -0.05) is 30.3 Å². The molecule has 4 rings (SSSR count). The molecule has 1 fully saturated rings. The van der Waals surface area contributed by atoms with Crippen molar-refractivity contribution in [3.05, 3.63) is 41.5 Å². The van der Waals surface area contributed by atoms with Gasteiger partial charge in [-0.2, -0.15) is 0 Å². The molecule has 130 valence electrons. The highest BCUT2D eigenvalue weighted by Crippen LogP contribution is 2.39. The predicted octanol–water partition coefficient (Wildman–Crippen LogP) is 4.26. The van der Waals surface area contributed by atoms with E-state index >= 15 is 0 Å². The predicted molar refractivity (Wildman–Crippen MR) is 104 cm³/mol. The Balaban J connectivity index is 1.84. The summed E-state index contributed by atoms with van der Waals surface area (Å²) in [5.41, 5.74) is 2.40. The Morgan fingerprint density at radius 3 is 2.80 bits per heavy atom. The maximum absolute atomic E-state index is 10.0. The molecule has 2 unspecified atom stereocenters. The summed E-state index contributed by atoms with van der Waals surface area (Å²) in [6, 6.07) is 10.5. The first-order valence-electron chi connectivity index (χ1n) is 8.88. The topological polar surface area (TPSA) is 49.2 Å². The molecular formula is C20H23N3OS. The van der Waals surface area contributed by atoms with Crippen molar-refractivity contribution < 1.29 is 5.11 Å². The van der Waals surface area contributed by atoms with Gasteiger partial charge in [-0.25, -0.2) is 9.97 Å². The number of piperidine rings is 1. The molecule has 0 saturated carbocycles. The lowest BCUT2D eigenvalue weighted by molar-refractivity contribution is 0.115. The van der Waals surface area contributed by atoms with Crippen molar-refractivity contribution >= 4 is 27.4 Å². The Morgan fingerprint density at radius 2 is 2.04 bits per heavy atom. The average molecular weight is 353 g/mol. The Labute approximate surface area is 152 Å². The molecule has 3 aromatic rings. The van der Waals surface area contributed by atoms with Gasteiger partial charge < -0.3 is 10.0 Å². The van der Waals surface area contributed by atoms with Gasteiger partial charge in [0, 0.05) is 30.0 Å². The third-order valence-electron chi connectivity index (χ3n) is 5.05. The van der Waals surface area contributed by atoms with E-state index in [2.05, 4.69) is 39.5 Å². The number of aryl methyl sites for hydroxylation is 1. The van der Waals surface area contributed by atoms with Crippen LogP contribution in [0.3, 0.4) is 0 Å². The second-order valence-electron chi connectivity index (χ2n) is 6.88. The Morgan fingerprint density at radius 1 is 1.24 bits per heavy atom. The number of anilines is 1. The molecule has 2 atom stereocenters. The van der Waals surface area contributed by atoms with Crippen LogP contribution in [0.5, 0.6) is 0 Å². The number of fused-ring (bicyclic) bond motifs is 1. The van der Waals surface area contributed by atoms with E-state index in [1.807, 2.05) is 19.9 Å². The van der Waals surface area contributed by atoms with Crippen LogP contribution >= 0.6 is 11.3 Å². The normalized spacial score (nSPS) is 19.3. The molecule has 5 heteroatoms. The van der Waals surface area contributed by atoms with Crippen molar-refractivity contribution in [1.29, 1.82) is 0 Å². The van der Waals surface area contributed by atoms with Gasteiger partial charge in [0.1, 0.15) is 16.5 Å². The standard InChI is InChI=1S/C20H23N3OS/c1-13(24)16-9-6-10-23(11-16)19-18-17(15-7-4-3-5-8-15)12-25-20(18)22-14(2)21-19/h3-5,7-8,12-13,16,24H,6,9-11H2,1-2H3. The molecule has 1 aromatic carbocycles. The van der Waals surface area contributed by atoms with Gasteiger partial charge >= 0.3 is 0 Å². The lowest BCUT2D eigenvalue weighted by atomic mass is 9.93. The van der Waals surface area contributed by atoms with Crippen LogP contribution in [0.4, 0.5) is 5.82 Å². The smallest absolute Gasteiger partial charge is 0.141 e. The summed E-state index contributed by atoms with van der Waals surface area (Å²) in [6.07, 6.45) is 1.89. The molecule has 0 amide bonds. The summed E-state index contributed by atoms with van der Waals surface area (Å²) in [4.78, 5) is 12.9. The summed E-state index contributed by atoms with van der Waals surface area (Å²) in [7, 11) is 0. The number of thiophene rings is 1. The first-order valence-corrected chi connectivity index (χ1v) is 9.75. The second-order valence-corrected chi connectivity index (χ2v) is 7.74. The van der Waals surface area contributed by atoms with E-state index < -0.39 is 0 Å². The average Bonchev–Trinajstić information content (AvgIpc) is 3.05. The van der Waals surface area contributed by atoms with Crippen LogP contribution in [0, 0.1) is 12.8 Å². The minimum absolute atomic E-state index is 0.280. The maximum Gasteiger partial charge on any atom is 0.141 e. The summed E-state index contributed by atoms with van der Waals surface area (Å²) in [6.45, 7) is 5.70. The van der Waals surface area contributed by atoms with Gasteiger partial charge in [0.15, 0.2) is 0 Å². The third kappa shape index (κ3) is 3.14. The number of aliphatic hydroxyl groups is 1. The Hall–Kier alpha value is -1.98. The maximum atomic E-state index is 10.0. The molecule has 0 aliphatic carbocycles. The zero-order valence-corrected chi connectivity index (χ0v) is 15.5. The van der Waals surface area contributed by atoms with Gasteiger partial charge in [-0.3, -0.25) is 0 Å². The molecular weight excluding hydrogens is 330 g/mol. The Kier molecular flexibility index (Phi) is 4.44. The van der Waals surface area contributed by atoms with Gasteiger partial charge in [-0.15, -0.1) is 11.3 Å². The quantitative estimate of drug-likeness (QED) is 0.764. The van der Waals surface area contributed by atoms with Crippen LogP contribution in [0.15, 0.2) is 35.7 Å². The van der Waals surface area contributed by atoms with E-state index in [9.17, 15) is 5.11 Å². The SMILES string of the molecule is Cc1nc(N2CCCC(C(C)O)C2)c2c(-c3ccccc3)csc2n1. The summed E-state index contributed by atoms with van der Waals surface area (Å²) in [5.74, 6) is 2.13. The first-order chi connectivity index (χ1) is 12.1. The molecule has 4 nitrogen and oxygen atoms in total. The van der Waals surface area contributed by atoms with Crippen molar-refractivity contribution in [3.63, 3.8) is 0 Å². The lowest BCUT2D eigenvalue weighted by Crippen LogP contribution is -2.40. The highest BCUT2D eigenvalue weighted by atomic mass is 32.1. The third-order valence-corrected chi connectivity index (χ3v) is 5.92. The number of aliphatic hydroxyl groups excluding tert-OH is 1. The number of rotatable bonds is 3. The zero-order valence-electron chi connectivity index (χ0n) is 14.6. The molecule has 1 saturated heterocycles. The van der Waals surface area contributed by atoms with Crippen LogP contribution in [-0.2, 0) is 0 Å². The molecule has 0 radical (unpaired) electrons. The Bertz CT molecular complexity index is 875. The number of nitrogens with zero attached hydrogens (tertiary/aromatic N) is 3. The fourth-order valence-corrected chi connectivity index (χ4v) is 4.67. The number of aromatic nitrogens is 2. The van der Waals surface area contributed by atoms with Crippen molar-refractivity contribution in [3.8, 4) is 11.1 Å². The van der Waals surface area contributed by atoms with Crippen molar-refractivity contribution in [2.45, 2.75) is 32.8 Å². The zero-order chi connectivity index (χ0) is 17.4. The number of hydrogen-bond donors (Lipinski definition) is 1.